The number of amides is 1. The van der Waals surface area contributed by atoms with Crippen molar-refractivity contribution in [1.29, 1.82) is 0 Å². The Hall–Kier alpha value is -0.770. The van der Waals surface area contributed by atoms with Crippen LogP contribution in [0, 0.1) is 5.92 Å². The standard InChI is InChI=1S/C15H21ClN2O.ClH/c1-18(11-13-3-2-4-14(16)9-13)15(19)6-5-12-7-8-17-10-12;/h2-4,9,12,17H,5-8,10-11H2,1H3;1H. The topological polar surface area (TPSA) is 32.3 Å². The molecule has 5 heteroatoms. The highest BCUT2D eigenvalue weighted by molar-refractivity contribution is 6.30. The summed E-state index contributed by atoms with van der Waals surface area (Å²) in [5, 5.41) is 4.05. The van der Waals surface area contributed by atoms with Gasteiger partial charge in [0.05, 0.1) is 0 Å². The van der Waals surface area contributed by atoms with E-state index in [1.165, 1.54) is 6.42 Å². The monoisotopic (exact) mass is 316 g/mol. The average Bonchev–Trinajstić information content (AvgIpc) is 2.89. The first kappa shape index (κ1) is 17.3. The second-order valence-corrected chi connectivity index (χ2v) is 5.71. The van der Waals surface area contributed by atoms with Crippen LogP contribution in [0.2, 0.25) is 5.02 Å². The van der Waals surface area contributed by atoms with Gasteiger partial charge in [-0.1, -0.05) is 23.7 Å². The van der Waals surface area contributed by atoms with Crippen molar-refractivity contribution in [2.75, 3.05) is 20.1 Å². The molecule has 1 saturated heterocycles. The molecule has 0 saturated carbocycles. The summed E-state index contributed by atoms with van der Waals surface area (Å²) in [6.07, 6.45) is 2.83. The molecule has 112 valence electrons. The van der Waals surface area contributed by atoms with Crippen molar-refractivity contribution in [3.05, 3.63) is 34.9 Å². The van der Waals surface area contributed by atoms with E-state index in [-0.39, 0.29) is 18.3 Å². The molecule has 2 rings (SSSR count). The molecule has 1 aliphatic rings. The number of rotatable bonds is 5. The molecule has 1 atom stereocenters. The smallest absolute Gasteiger partial charge is 0.222 e. The van der Waals surface area contributed by atoms with Crippen LogP contribution in [-0.2, 0) is 11.3 Å². The van der Waals surface area contributed by atoms with Crippen molar-refractivity contribution in [3.63, 3.8) is 0 Å². The number of carbonyl (C=O) groups excluding carboxylic acids is 1. The lowest BCUT2D eigenvalue weighted by atomic mass is 10.0. The molecule has 1 fully saturated rings. The molecule has 0 aliphatic carbocycles. The largest absolute Gasteiger partial charge is 0.341 e. The van der Waals surface area contributed by atoms with E-state index < -0.39 is 0 Å². The summed E-state index contributed by atoms with van der Waals surface area (Å²) >= 11 is 5.94. The Morgan fingerprint density at radius 1 is 1.50 bits per heavy atom. The Labute approximate surface area is 132 Å². The zero-order valence-electron chi connectivity index (χ0n) is 11.8. The lowest BCUT2D eigenvalue weighted by Gasteiger charge is -2.18. The normalized spacial score (nSPS) is 17.6. The van der Waals surface area contributed by atoms with Gasteiger partial charge in [0.15, 0.2) is 0 Å². The zero-order chi connectivity index (χ0) is 13.7. The SMILES string of the molecule is CN(Cc1cccc(Cl)c1)C(=O)CCC1CCNC1.Cl. The van der Waals surface area contributed by atoms with Gasteiger partial charge in [-0.05, 0) is 49.5 Å². The fraction of sp³-hybridized carbons (Fsp3) is 0.533. The van der Waals surface area contributed by atoms with E-state index in [2.05, 4.69) is 5.32 Å². The Morgan fingerprint density at radius 3 is 2.95 bits per heavy atom. The second kappa shape index (κ2) is 8.50. The molecule has 1 amide bonds. The Kier molecular flexibility index (Phi) is 7.35. The maximum Gasteiger partial charge on any atom is 0.222 e. The second-order valence-electron chi connectivity index (χ2n) is 5.28. The Bertz CT molecular complexity index is 434. The zero-order valence-corrected chi connectivity index (χ0v) is 13.3. The van der Waals surface area contributed by atoms with Crippen molar-refractivity contribution >= 4 is 29.9 Å². The Balaban J connectivity index is 0.00000200. The van der Waals surface area contributed by atoms with Crippen LogP contribution in [0.1, 0.15) is 24.8 Å². The van der Waals surface area contributed by atoms with Crippen LogP contribution in [0.25, 0.3) is 0 Å². The summed E-state index contributed by atoms with van der Waals surface area (Å²) in [7, 11) is 1.86. The molecule has 0 spiro atoms. The van der Waals surface area contributed by atoms with Crippen LogP contribution in [-0.4, -0.2) is 30.9 Å². The molecular formula is C15H22Cl2N2O. The highest BCUT2D eigenvalue weighted by atomic mass is 35.5. The quantitative estimate of drug-likeness (QED) is 0.905. The number of nitrogens with zero attached hydrogens (tertiary/aromatic N) is 1. The minimum Gasteiger partial charge on any atom is -0.341 e. The van der Waals surface area contributed by atoms with Gasteiger partial charge < -0.3 is 10.2 Å². The van der Waals surface area contributed by atoms with Crippen molar-refractivity contribution in [2.45, 2.75) is 25.8 Å². The maximum absolute atomic E-state index is 12.1. The number of halogens is 2. The van der Waals surface area contributed by atoms with E-state index in [0.29, 0.717) is 18.9 Å². The molecule has 1 unspecified atom stereocenters. The van der Waals surface area contributed by atoms with Crippen LogP contribution >= 0.6 is 24.0 Å². The third kappa shape index (κ3) is 5.31. The molecule has 1 N–H and O–H groups in total. The van der Waals surface area contributed by atoms with Gasteiger partial charge in [0.2, 0.25) is 5.91 Å². The average molecular weight is 317 g/mol. The van der Waals surface area contributed by atoms with E-state index in [9.17, 15) is 4.79 Å². The molecule has 3 nitrogen and oxygen atoms in total. The number of carbonyl (C=O) groups is 1. The molecule has 0 bridgehead atoms. The molecule has 20 heavy (non-hydrogen) atoms. The van der Waals surface area contributed by atoms with Gasteiger partial charge in [-0.25, -0.2) is 0 Å². The first-order valence-electron chi connectivity index (χ1n) is 6.84. The number of benzene rings is 1. The summed E-state index contributed by atoms with van der Waals surface area (Å²) in [6.45, 7) is 2.78. The molecule has 0 radical (unpaired) electrons. The fourth-order valence-electron chi connectivity index (χ4n) is 2.48. The molecule has 1 aliphatic heterocycles. The van der Waals surface area contributed by atoms with Crippen LogP contribution in [0.15, 0.2) is 24.3 Å². The summed E-state index contributed by atoms with van der Waals surface area (Å²) in [5.74, 6) is 0.885. The first-order chi connectivity index (χ1) is 9.15. The molecule has 0 aromatic heterocycles. The maximum atomic E-state index is 12.1. The first-order valence-corrected chi connectivity index (χ1v) is 7.22. The molecule has 1 heterocycles. The third-order valence-corrected chi connectivity index (χ3v) is 3.90. The van der Waals surface area contributed by atoms with Crippen molar-refractivity contribution in [3.8, 4) is 0 Å². The van der Waals surface area contributed by atoms with Crippen molar-refractivity contribution in [1.82, 2.24) is 10.2 Å². The van der Waals surface area contributed by atoms with Gasteiger partial charge in [-0.15, -0.1) is 12.4 Å². The van der Waals surface area contributed by atoms with Gasteiger partial charge in [0.25, 0.3) is 0 Å². The summed E-state index contributed by atoms with van der Waals surface area (Å²) in [5.41, 5.74) is 1.07. The van der Waals surface area contributed by atoms with Crippen LogP contribution in [0.5, 0.6) is 0 Å². The lowest BCUT2D eigenvalue weighted by Crippen LogP contribution is -2.26. The molecular weight excluding hydrogens is 295 g/mol. The lowest BCUT2D eigenvalue weighted by molar-refractivity contribution is -0.130. The van der Waals surface area contributed by atoms with Crippen LogP contribution in [0.4, 0.5) is 0 Å². The van der Waals surface area contributed by atoms with E-state index in [0.717, 1.165) is 30.1 Å². The molecule has 1 aromatic rings. The highest BCUT2D eigenvalue weighted by Gasteiger charge is 2.17. The predicted molar refractivity (Wildman–Crippen MR) is 85.4 cm³/mol. The number of nitrogens with one attached hydrogen (secondary N) is 1. The van der Waals surface area contributed by atoms with Gasteiger partial charge in [-0.2, -0.15) is 0 Å². The third-order valence-electron chi connectivity index (χ3n) is 3.66. The minimum absolute atomic E-state index is 0. The van der Waals surface area contributed by atoms with Gasteiger partial charge in [0.1, 0.15) is 0 Å². The Morgan fingerprint density at radius 2 is 2.30 bits per heavy atom. The fourth-order valence-corrected chi connectivity index (χ4v) is 2.69. The van der Waals surface area contributed by atoms with Crippen molar-refractivity contribution < 1.29 is 4.79 Å². The van der Waals surface area contributed by atoms with E-state index in [1.54, 1.807) is 4.90 Å². The van der Waals surface area contributed by atoms with Gasteiger partial charge in [0, 0.05) is 25.0 Å². The molecule has 1 aromatic carbocycles. The van der Waals surface area contributed by atoms with Crippen molar-refractivity contribution in [2.24, 2.45) is 5.92 Å². The summed E-state index contributed by atoms with van der Waals surface area (Å²) < 4.78 is 0. The van der Waals surface area contributed by atoms with E-state index in [4.69, 9.17) is 11.6 Å². The summed E-state index contributed by atoms with van der Waals surface area (Å²) in [6, 6.07) is 7.67. The highest BCUT2D eigenvalue weighted by Crippen LogP contribution is 2.16. The summed E-state index contributed by atoms with van der Waals surface area (Å²) in [4.78, 5) is 13.8. The van der Waals surface area contributed by atoms with Gasteiger partial charge in [-0.3, -0.25) is 4.79 Å². The number of hydrogen-bond acceptors (Lipinski definition) is 2. The van der Waals surface area contributed by atoms with E-state index in [1.807, 2.05) is 31.3 Å². The number of hydrogen-bond donors (Lipinski definition) is 1. The van der Waals surface area contributed by atoms with E-state index >= 15 is 0 Å². The predicted octanol–water partition coefficient (Wildman–Crippen LogP) is 3.11. The van der Waals surface area contributed by atoms with Crippen LogP contribution < -0.4 is 5.32 Å². The minimum atomic E-state index is 0. The van der Waals surface area contributed by atoms with Gasteiger partial charge >= 0.3 is 0 Å². The van der Waals surface area contributed by atoms with Crippen LogP contribution in [0.3, 0.4) is 0 Å².